The molecule has 0 aliphatic heterocycles. The molecule has 0 saturated carbocycles. The molecule has 0 aliphatic rings. The maximum atomic E-state index is 13.6. The second-order valence-corrected chi connectivity index (χ2v) is 6.49. The maximum absolute atomic E-state index is 13.6. The van der Waals surface area contributed by atoms with Crippen molar-refractivity contribution in [2.75, 3.05) is 19.5 Å². The number of aromatic nitrogens is 3. The minimum Gasteiger partial charge on any atom is -0.496 e. The van der Waals surface area contributed by atoms with Crippen molar-refractivity contribution in [2.24, 2.45) is 0 Å². The van der Waals surface area contributed by atoms with Crippen molar-refractivity contribution < 1.29 is 13.9 Å². The maximum Gasteiger partial charge on any atom is 0.165 e. The smallest absolute Gasteiger partial charge is 0.165 e. The Morgan fingerprint density at radius 2 is 1.83 bits per heavy atom. The van der Waals surface area contributed by atoms with Crippen LogP contribution in [0.1, 0.15) is 12.5 Å². The normalized spacial score (nSPS) is 10.9. The summed E-state index contributed by atoms with van der Waals surface area (Å²) < 4.78 is 26.3. The van der Waals surface area contributed by atoms with Gasteiger partial charge in [0.1, 0.15) is 23.1 Å². The van der Waals surface area contributed by atoms with Crippen molar-refractivity contribution in [1.82, 2.24) is 14.6 Å². The van der Waals surface area contributed by atoms with E-state index in [0.29, 0.717) is 11.5 Å². The van der Waals surface area contributed by atoms with Gasteiger partial charge in [-0.25, -0.2) is 13.9 Å². The molecule has 29 heavy (non-hydrogen) atoms. The molecule has 0 radical (unpaired) electrons. The van der Waals surface area contributed by atoms with Crippen molar-refractivity contribution in [1.29, 1.82) is 0 Å². The van der Waals surface area contributed by atoms with E-state index in [4.69, 9.17) is 9.47 Å². The van der Waals surface area contributed by atoms with Crippen LogP contribution in [0.4, 0.5) is 15.9 Å². The minimum absolute atomic E-state index is 0.300. The van der Waals surface area contributed by atoms with Gasteiger partial charge in [-0.15, -0.1) is 0 Å². The molecule has 7 heteroatoms. The van der Waals surface area contributed by atoms with E-state index in [1.54, 1.807) is 31.0 Å². The first-order chi connectivity index (χ1) is 14.1. The third-order valence-corrected chi connectivity index (χ3v) is 4.74. The van der Waals surface area contributed by atoms with Crippen LogP contribution in [0.15, 0.2) is 54.9 Å². The molecule has 0 unspecified atom stereocenters. The minimum atomic E-state index is -0.300. The zero-order chi connectivity index (χ0) is 20.4. The molecule has 0 bridgehead atoms. The average molecular weight is 392 g/mol. The third-order valence-electron chi connectivity index (χ3n) is 4.74. The van der Waals surface area contributed by atoms with Crippen LogP contribution in [-0.4, -0.2) is 28.8 Å². The van der Waals surface area contributed by atoms with Gasteiger partial charge < -0.3 is 14.8 Å². The van der Waals surface area contributed by atoms with E-state index in [9.17, 15) is 4.39 Å². The molecule has 0 amide bonds. The van der Waals surface area contributed by atoms with E-state index >= 15 is 0 Å². The summed E-state index contributed by atoms with van der Waals surface area (Å²) in [6.45, 7) is 2.05. The van der Waals surface area contributed by atoms with Gasteiger partial charge in [0.25, 0.3) is 0 Å². The second-order valence-electron chi connectivity index (χ2n) is 6.49. The Bertz CT molecular complexity index is 1150. The summed E-state index contributed by atoms with van der Waals surface area (Å²) in [4.78, 5) is 4.68. The van der Waals surface area contributed by atoms with Crippen molar-refractivity contribution in [3.63, 3.8) is 0 Å². The van der Waals surface area contributed by atoms with Gasteiger partial charge >= 0.3 is 0 Å². The van der Waals surface area contributed by atoms with Gasteiger partial charge in [0.15, 0.2) is 5.65 Å². The number of ether oxygens (including phenoxy) is 2. The Labute approximate surface area is 167 Å². The third kappa shape index (κ3) is 3.59. The molecule has 2 aromatic carbocycles. The molecule has 0 fully saturated rings. The Morgan fingerprint density at radius 1 is 1.07 bits per heavy atom. The molecular weight excluding hydrogens is 371 g/mol. The zero-order valence-electron chi connectivity index (χ0n) is 16.4. The van der Waals surface area contributed by atoms with Crippen LogP contribution in [-0.2, 0) is 6.42 Å². The predicted molar refractivity (Wildman–Crippen MR) is 111 cm³/mol. The van der Waals surface area contributed by atoms with E-state index < -0.39 is 0 Å². The van der Waals surface area contributed by atoms with Crippen LogP contribution in [0.25, 0.3) is 16.8 Å². The molecule has 2 aromatic heterocycles. The molecule has 4 aromatic rings. The molecule has 148 valence electrons. The van der Waals surface area contributed by atoms with Gasteiger partial charge in [0.2, 0.25) is 0 Å². The van der Waals surface area contributed by atoms with Gasteiger partial charge in [0.05, 0.1) is 20.4 Å². The summed E-state index contributed by atoms with van der Waals surface area (Å²) in [5.41, 5.74) is 3.90. The van der Waals surface area contributed by atoms with E-state index in [1.807, 2.05) is 30.5 Å². The van der Waals surface area contributed by atoms with Crippen LogP contribution < -0.4 is 14.8 Å². The number of fused-ring (bicyclic) bond motifs is 1. The lowest BCUT2D eigenvalue weighted by Crippen LogP contribution is -2.01. The molecule has 1 N–H and O–H groups in total. The Kier molecular flexibility index (Phi) is 5.03. The Hall–Kier alpha value is -3.61. The van der Waals surface area contributed by atoms with Crippen molar-refractivity contribution >= 4 is 17.2 Å². The fourth-order valence-corrected chi connectivity index (χ4v) is 3.35. The van der Waals surface area contributed by atoms with Gasteiger partial charge in [0, 0.05) is 35.1 Å². The quantitative estimate of drug-likeness (QED) is 0.508. The highest BCUT2D eigenvalue weighted by Crippen LogP contribution is 2.34. The molecule has 2 heterocycles. The highest BCUT2D eigenvalue weighted by molar-refractivity contribution is 5.78. The average Bonchev–Trinajstić information content (AvgIpc) is 3.16. The molecule has 0 atom stereocenters. The van der Waals surface area contributed by atoms with Crippen LogP contribution in [0, 0.1) is 5.82 Å². The van der Waals surface area contributed by atoms with Crippen LogP contribution >= 0.6 is 0 Å². The summed E-state index contributed by atoms with van der Waals surface area (Å²) in [6, 6.07) is 12.0. The standard InChI is InChI=1S/C22H21FN4O2/c1-4-17-19(28-2)11-16(12-20(17)29-3)25-21-8-9-27-22(26-21)18(13-24-27)14-6-5-7-15(23)10-14/h5-13H,4H2,1-3H3,(H,25,26). The second kappa shape index (κ2) is 7.79. The summed E-state index contributed by atoms with van der Waals surface area (Å²) in [6.07, 6.45) is 4.29. The van der Waals surface area contributed by atoms with Crippen LogP contribution in [0.5, 0.6) is 11.5 Å². The first-order valence-corrected chi connectivity index (χ1v) is 9.25. The fourth-order valence-electron chi connectivity index (χ4n) is 3.35. The first kappa shape index (κ1) is 18.7. The van der Waals surface area contributed by atoms with Crippen LogP contribution in [0.3, 0.4) is 0 Å². The highest BCUT2D eigenvalue weighted by Gasteiger charge is 2.13. The number of halogens is 1. The molecule has 4 rings (SSSR count). The summed E-state index contributed by atoms with van der Waals surface area (Å²) in [5, 5.41) is 7.60. The van der Waals surface area contributed by atoms with E-state index in [1.165, 1.54) is 12.1 Å². The lowest BCUT2D eigenvalue weighted by atomic mass is 10.1. The molecule has 0 saturated heterocycles. The molecule has 6 nitrogen and oxygen atoms in total. The number of benzene rings is 2. The highest BCUT2D eigenvalue weighted by atomic mass is 19.1. The van der Waals surface area contributed by atoms with Crippen molar-refractivity contribution in [3.05, 3.63) is 66.2 Å². The first-order valence-electron chi connectivity index (χ1n) is 9.25. The summed E-state index contributed by atoms with van der Waals surface area (Å²) >= 11 is 0. The Morgan fingerprint density at radius 3 is 2.48 bits per heavy atom. The number of hydrogen-bond acceptors (Lipinski definition) is 5. The fraction of sp³-hybridized carbons (Fsp3) is 0.182. The predicted octanol–water partition coefficient (Wildman–Crippen LogP) is 4.86. The van der Waals surface area contributed by atoms with Gasteiger partial charge in [-0.1, -0.05) is 19.1 Å². The molecular formula is C22H21FN4O2. The van der Waals surface area contributed by atoms with Crippen LogP contribution in [0.2, 0.25) is 0 Å². The van der Waals surface area contributed by atoms with Crippen molar-refractivity contribution in [2.45, 2.75) is 13.3 Å². The Balaban J connectivity index is 1.73. The topological polar surface area (TPSA) is 60.7 Å². The molecule has 0 aliphatic carbocycles. The summed E-state index contributed by atoms with van der Waals surface area (Å²) in [7, 11) is 3.28. The van der Waals surface area contributed by atoms with Gasteiger partial charge in [-0.05, 0) is 30.2 Å². The number of nitrogens with one attached hydrogen (secondary N) is 1. The van der Waals surface area contributed by atoms with Gasteiger partial charge in [-0.2, -0.15) is 5.10 Å². The van der Waals surface area contributed by atoms with E-state index in [2.05, 4.69) is 22.3 Å². The SMILES string of the molecule is CCc1c(OC)cc(Nc2ccn3ncc(-c4cccc(F)c4)c3n2)cc1OC. The van der Waals surface area contributed by atoms with E-state index in [0.717, 1.165) is 40.3 Å². The monoisotopic (exact) mass is 392 g/mol. The van der Waals surface area contributed by atoms with Gasteiger partial charge in [-0.3, -0.25) is 0 Å². The lowest BCUT2D eigenvalue weighted by Gasteiger charge is -2.15. The largest absolute Gasteiger partial charge is 0.496 e. The number of hydrogen-bond donors (Lipinski definition) is 1. The molecule has 0 spiro atoms. The van der Waals surface area contributed by atoms with E-state index in [-0.39, 0.29) is 5.82 Å². The number of nitrogens with zero attached hydrogens (tertiary/aromatic N) is 3. The lowest BCUT2D eigenvalue weighted by molar-refractivity contribution is 0.386. The number of rotatable bonds is 6. The number of methoxy groups -OCH3 is 2. The summed E-state index contributed by atoms with van der Waals surface area (Å²) in [5.74, 6) is 1.83. The number of anilines is 2. The van der Waals surface area contributed by atoms with Crippen molar-refractivity contribution in [3.8, 4) is 22.6 Å². The zero-order valence-corrected chi connectivity index (χ0v) is 16.4.